The zero-order valence-electron chi connectivity index (χ0n) is 20.4. The lowest BCUT2D eigenvalue weighted by atomic mass is 9.86. The molecule has 33 heavy (non-hydrogen) atoms. The maximum absolute atomic E-state index is 12.8. The molecule has 0 bridgehead atoms. The number of anilines is 1. The minimum atomic E-state index is -3.85. The lowest BCUT2D eigenvalue weighted by Crippen LogP contribution is -2.14. The molecule has 0 amide bonds. The van der Waals surface area contributed by atoms with Gasteiger partial charge in [-0.05, 0) is 58.9 Å². The molecule has 0 atom stereocenters. The molecule has 0 unspecified atom stereocenters. The Morgan fingerprint density at radius 3 is 1.85 bits per heavy atom. The van der Waals surface area contributed by atoms with Crippen molar-refractivity contribution >= 4 is 21.7 Å². The standard InChI is InChI=1S/C25H27NO4S.C2H6/c1-17-6-15-22(16-23(17)24(27)30-5)31(28,29)26-21-13-9-19(10-14-21)18-7-11-20(12-8-18)25(2,3)4;1-2/h6-16,26H,1-5H3;1-2H3. The summed E-state index contributed by atoms with van der Waals surface area (Å²) in [4.78, 5) is 11.9. The fourth-order valence-corrected chi connectivity index (χ4v) is 4.29. The Morgan fingerprint density at radius 1 is 0.848 bits per heavy atom. The van der Waals surface area contributed by atoms with Gasteiger partial charge in [0.2, 0.25) is 0 Å². The van der Waals surface area contributed by atoms with E-state index < -0.39 is 16.0 Å². The average Bonchev–Trinajstić information content (AvgIpc) is 2.80. The van der Waals surface area contributed by atoms with Gasteiger partial charge < -0.3 is 4.74 Å². The van der Waals surface area contributed by atoms with E-state index in [0.29, 0.717) is 11.3 Å². The van der Waals surface area contributed by atoms with E-state index >= 15 is 0 Å². The number of carbonyl (C=O) groups excluding carboxylic acids is 1. The van der Waals surface area contributed by atoms with Crippen LogP contribution >= 0.6 is 0 Å². The van der Waals surface area contributed by atoms with Gasteiger partial charge in [0.1, 0.15) is 0 Å². The van der Waals surface area contributed by atoms with Gasteiger partial charge in [0.15, 0.2) is 0 Å². The Kier molecular flexibility index (Phi) is 8.45. The highest BCUT2D eigenvalue weighted by Crippen LogP contribution is 2.27. The minimum Gasteiger partial charge on any atom is -0.465 e. The predicted molar refractivity (Wildman–Crippen MR) is 135 cm³/mol. The molecule has 0 spiro atoms. The zero-order chi connectivity index (χ0) is 24.8. The number of sulfonamides is 1. The van der Waals surface area contributed by atoms with Gasteiger partial charge in [0.25, 0.3) is 10.0 Å². The molecule has 0 saturated carbocycles. The van der Waals surface area contributed by atoms with E-state index in [4.69, 9.17) is 4.74 Å². The molecule has 0 aliphatic carbocycles. The molecule has 3 rings (SSSR count). The Morgan fingerprint density at radius 2 is 1.36 bits per heavy atom. The molecule has 0 heterocycles. The molecule has 0 fully saturated rings. The number of nitrogens with one attached hydrogen (secondary N) is 1. The smallest absolute Gasteiger partial charge is 0.338 e. The summed E-state index contributed by atoms with van der Waals surface area (Å²) in [6.45, 7) is 12.2. The summed E-state index contributed by atoms with van der Waals surface area (Å²) in [5, 5.41) is 0. The molecule has 3 aromatic carbocycles. The van der Waals surface area contributed by atoms with Gasteiger partial charge >= 0.3 is 5.97 Å². The van der Waals surface area contributed by atoms with Crippen LogP contribution in [-0.4, -0.2) is 21.5 Å². The Bertz CT molecular complexity index is 1190. The van der Waals surface area contributed by atoms with Gasteiger partial charge in [-0.1, -0.05) is 77.1 Å². The van der Waals surface area contributed by atoms with E-state index in [-0.39, 0.29) is 15.9 Å². The van der Waals surface area contributed by atoms with Gasteiger partial charge in [-0.2, -0.15) is 0 Å². The summed E-state index contributed by atoms with van der Waals surface area (Å²) in [6, 6.07) is 19.9. The number of aryl methyl sites for hydroxylation is 1. The highest BCUT2D eigenvalue weighted by molar-refractivity contribution is 7.92. The molecule has 176 valence electrons. The summed E-state index contributed by atoms with van der Waals surface area (Å²) in [6.07, 6.45) is 0. The second-order valence-corrected chi connectivity index (χ2v) is 10.2. The van der Waals surface area contributed by atoms with Crippen molar-refractivity contribution in [3.63, 3.8) is 0 Å². The first kappa shape index (κ1) is 26.1. The Labute approximate surface area is 197 Å². The van der Waals surface area contributed by atoms with Crippen LogP contribution in [-0.2, 0) is 20.2 Å². The molecule has 6 heteroatoms. The summed E-state index contributed by atoms with van der Waals surface area (Å²) < 4.78 is 32.9. The van der Waals surface area contributed by atoms with E-state index in [1.54, 1.807) is 25.1 Å². The molecular formula is C27H33NO4S. The minimum absolute atomic E-state index is 0.000320. The third-order valence-electron chi connectivity index (χ3n) is 5.15. The number of methoxy groups -OCH3 is 1. The normalized spacial score (nSPS) is 11.2. The highest BCUT2D eigenvalue weighted by atomic mass is 32.2. The highest BCUT2D eigenvalue weighted by Gasteiger charge is 2.19. The maximum atomic E-state index is 12.8. The lowest BCUT2D eigenvalue weighted by Gasteiger charge is -2.19. The number of benzene rings is 3. The van der Waals surface area contributed by atoms with Crippen molar-refractivity contribution < 1.29 is 17.9 Å². The van der Waals surface area contributed by atoms with Gasteiger partial charge in [-0.3, -0.25) is 4.72 Å². The molecule has 0 radical (unpaired) electrons. The second-order valence-electron chi connectivity index (χ2n) is 8.48. The SMILES string of the molecule is CC.COC(=O)c1cc(S(=O)(=O)Nc2ccc(-c3ccc(C(C)(C)C)cc3)cc2)ccc1C. The van der Waals surface area contributed by atoms with Gasteiger partial charge in [-0.15, -0.1) is 0 Å². The number of carbonyl (C=O) groups is 1. The van der Waals surface area contributed by atoms with Gasteiger partial charge in [0, 0.05) is 5.69 Å². The molecular weight excluding hydrogens is 434 g/mol. The van der Waals surface area contributed by atoms with Gasteiger partial charge in [0.05, 0.1) is 17.6 Å². The van der Waals surface area contributed by atoms with Crippen LogP contribution in [0.15, 0.2) is 71.6 Å². The van der Waals surface area contributed by atoms with Crippen LogP contribution in [0.1, 0.15) is 56.1 Å². The molecule has 0 aromatic heterocycles. The van der Waals surface area contributed by atoms with E-state index in [1.165, 1.54) is 24.8 Å². The molecule has 0 aliphatic rings. The number of hydrogen-bond donors (Lipinski definition) is 1. The largest absolute Gasteiger partial charge is 0.465 e. The fourth-order valence-electron chi connectivity index (χ4n) is 3.21. The van der Waals surface area contributed by atoms with Crippen LogP contribution in [0.3, 0.4) is 0 Å². The Balaban J connectivity index is 0.00000187. The molecule has 5 nitrogen and oxygen atoms in total. The van der Waals surface area contributed by atoms with Crippen LogP contribution < -0.4 is 4.72 Å². The van der Waals surface area contributed by atoms with Crippen molar-refractivity contribution in [3.8, 4) is 11.1 Å². The fraction of sp³-hybridized carbons (Fsp3) is 0.296. The van der Waals surface area contributed by atoms with Crippen molar-refractivity contribution in [2.24, 2.45) is 0 Å². The first-order valence-corrected chi connectivity index (χ1v) is 12.4. The predicted octanol–water partition coefficient (Wildman–Crippen LogP) is 6.57. The Hall–Kier alpha value is -3.12. The van der Waals surface area contributed by atoms with Gasteiger partial charge in [-0.25, -0.2) is 13.2 Å². The van der Waals surface area contributed by atoms with Crippen molar-refractivity contribution in [3.05, 3.63) is 83.4 Å². The van der Waals surface area contributed by atoms with Crippen molar-refractivity contribution in [2.45, 2.75) is 51.9 Å². The van der Waals surface area contributed by atoms with Crippen LogP contribution in [0, 0.1) is 6.92 Å². The molecule has 0 saturated heterocycles. The summed E-state index contributed by atoms with van der Waals surface area (Å²) >= 11 is 0. The number of hydrogen-bond acceptors (Lipinski definition) is 4. The monoisotopic (exact) mass is 467 g/mol. The number of esters is 1. The quantitative estimate of drug-likeness (QED) is 0.431. The van der Waals surface area contributed by atoms with Crippen molar-refractivity contribution in [1.29, 1.82) is 0 Å². The van der Waals surface area contributed by atoms with Crippen LogP contribution in [0.5, 0.6) is 0 Å². The van der Waals surface area contributed by atoms with Crippen molar-refractivity contribution in [2.75, 3.05) is 11.8 Å². The third kappa shape index (κ3) is 6.45. The first-order valence-electron chi connectivity index (χ1n) is 10.9. The van der Waals surface area contributed by atoms with Crippen molar-refractivity contribution in [1.82, 2.24) is 0 Å². The first-order chi connectivity index (χ1) is 15.5. The number of rotatable bonds is 5. The molecule has 3 aromatic rings. The topological polar surface area (TPSA) is 72.5 Å². The van der Waals surface area contributed by atoms with E-state index in [1.807, 2.05) is 26.0 Å². The second kappa shape index (κ2) is 10.7. The molecule has 0 aliphatic heterocycles. The van der Waals surface area contributed by atoms with E-state index in [0.717, 1.165) is 11.1 Å². The maximum Gasteiger partial charge on any atom is 0.338 e. The summed E-state index contributed by atoms with van der Waals surface area (Å²) in [5.41, 5.74) is 4.70. The van der Waals surface area contributed by atoms with Crippen LogP contribution in [0.2, 0.25) is 0 Å². The van der Waals surface area contributed by atoms with E-state index in [9.17, 15) is 13.2 Å². The van der Waals surface area contributed by atoms with Crippen LogP contribution in [0.4, 0.5) is 5.69 Å². The van der Waals surface area contributed by atoms with E-state index in [2.05, 4.69) is 49.8 Å². The molecule has 1 N–H and O–H groups in total. The average molecular weight is 468 g/mol. The summed E-state index contributed by atoms with van der Waals surface area (Å²) in [7, 11) is -2.59. The zero-order valence-corrected chi connectivity index (χ0v) is 21.2. The lowest BCUT2D eigenvalue weighted by molar-refractivity contribution is 0.0599. The third-order valence-corrected chi connectivity index (χ3v) is 6.52. The van der Waals surface area contributed by atoms with Crippen LogP contribution in [0.25, 0.3) is 11.1 Å². The number of ether oxygens (including phenoxy) is 1. The summed E-state index contributed by atoms with van der Waals surface area (Å²) in [5.74, 6) is -0.573.